The van der Waals surface area contributed by atoms with Crippen molar-refractivity contribution in [2.75, 3.05) is 19.5 Å². The van der Waals surface area contributed by atoms with E-state index in [1.165, 1.54) is 7.11 Å². The van der Waals surface area contributed by atoms with Crippen molar-refractivity contribution < 1.29 is 14.3 Å². The molecule has 0 radical (unpaired) electrons. The number of hydrogen-bond donors (Lipinski definition) is 1. The number of pyridine rings is 1. The minimum Gasteiger partial charge on any atom is -0.497 e. The summed E-state index contributed by atoms with van der Waals surface area (Å²) < 4.78 is 9.98. The maximum absolute atomic E-state index is 11.2. The van der Waals surface area contributed by atoms with Gasteiger partial charge in [0, 0.05) is 30.1 Å². The van der Waals surface area contributed by atoms with Crippen LogP contribution in [0.2, 0.25) is 0 Å². The number of anilines is 1. The second kappa shape index (κ2) is 6.92. The monoisotopic (exact) mass is 288 g/mol. The predicted molar refractivity (Wildman–Crippen MR) is 82.6 cm³/mol. The number of carbonyl (C=O) groups excluding carboxylic acids is 1. The maximum Gasteiger partial charge on any atom is 0.305 e. The van der Waals surface area contributed by atoms with Crippen molar-refractivity contribution in [3.05, 3.63) is 30.5 Å². The number of nitrogens with zero attached hydrogens (tertiary/aromatic N) is 1. The van der Waals surface area contributed by atoms with Crippen LogP contribution in [0.15, 0.2) is 30.5 Å². The third-order valence-corrected chi connectivity index (χ3v) is 3.33. The lowest BCUT2D eigenvalue weighted by molar-refractivity contribution is -0.140. The Hall–Kier alpha value is -2.30. The van der Waals surface area contributed by atoms with E-state index >= 15 is 0 Å². The van der Waals surface area contributed by atoms with Crippen LogP contribution in [0.4, 0.5) is 5.69 Å². The molecule has 1 aromatic heterocycles. The van der Waals surface area contributed by atoms with Crippen molar-refractivity contribution >= 4 is 22.6 Å². The lowest BCUT2D eigenvalue weighted by Crippen LogP contribution is -2.17. The van der Waals surface area contributed by atoms with E-state index in [2.05, 4.69) is 15.0 Å². The van der Waals surface area contributed by atoms with Crippen LogP contribution < -0.4 is 10.1 Å². The van der Waals surface area contributed by atoms with Gasteiger partial charge in [-0.3, -0.25) is 9.78 Å². The van der Waals surface area contributed by atoms with Gasteiger partial charge in [-0.15, -0.1) is 0 Å². The lowest BCUT2D eigenvalue weighted by atomic mass is 10.1. The molecule has 1 unspecified atom stereocenters. The van der Waals surface area contributed by atoms with E-state index in [4.69, 9.17) is 4.74 Å². The number of methoxy groups -OCH3 is 2. The summed E-state index contributed by atoms with van der Waals surface area (Å²) in [5.41, 5.74) is 1.80. The first kappa shape index (κ1) is 15.1. The Bertz CT molecular complexity index is 628. The predicted octanol–water partition coefficient (Wildman–Crippen LogP) is 3.00. The van der Waals surface area contributed by atoms with Gasteiger partial charge in [-0.2, -0.15) is 0 Å². The fraction of sp³-hybridized carbons (Fsp3) is 0.375. The number of rotatable bonds is 6. The largest absolute Gasteiger partial charge is 0.497 e. The summed E-state index contributed by atoms with van der Waals surface area (Å²) in [5.74, 6) is 0.579. The van der Waals surface area contributed by atoms with Crippen molar-refractivity contribution in [2.24, 2.45) is 0 Å². The van der Waals surface area contributed by atoms with Crippen LogP contribution in [-0.4, -0.2) is 31.2 Å². The zero-order valence-corrected chi connectivity index (χ0v) is 12.6. The van der Waals surface area contributed by atoms with Crippen LogP contribution in [0.25, 0.3) is 10.9 Å². The van der Waals surface area contributed by atoms with Gasteiger partial charge in [0.1, 0.15) is 5.75 Å². The first-order valence-electron chi connectivity index (χ1n) is 6.90. The number of aromatic nitrogens is 1. The molecule has 1 atom stereocenters. The van der Waals surface area contributed by atoms with E-state index in [0.29, 0.717) is 12.8 Å². The number of fused-ring (bicyclic) bond motifs is 1. The van der Waals surface area contributed by atoms with Gasteiger partial charge in [0.25, 0.3) is 0 Å². The minimum atomic E-state index is -0.197. The van der Waals surface area contributed by atoms with Crippen molar-refractivity contribution in [1.82, 2.24) is 4.98 Å². The molecule has 0 amide bonds. The van der Waals surface area contributed by atoms with Crippen molar-refractivity contribution in [2.45, 2.75) is 25.8 Å². The standard InChI is InChI=1S/C16H20N2O3/c1-11(6-7-15(19)21-3)18-14-10-13(20-2)9-12-5-4-8-17-16(12)14/h4-5,8-11,18H,6-7H2,1-3H3. The molecule has 5 heteroatoms. The molecule has 1 N–H and O–H groups in total. The Labute approximate surface area is 124 Å². The number of benzene rings is 1. The molecule has 1 heterocycles. The summed E-state index contributed by atoms with van der Waals surface area (Å²) in [6, 6.07) is 7.89. The average molecular weight is 288 g/mol. The SMILES string of the molecule is COC(=O)CCC(C)Nc1cc(OC)cc2cccnc12. The summed E-state index contributed by atoms with van der Waals surface area (Å²) in [5, 5.41) is 4.40. The van der Waals surface area contributed by atoms with Gasteiger partial charge < -0.3 is 14.8 Å². The Morgan fingerprint density at radius 3 is 2.90 bits per heavy atom. The summed E-state index contributed by atoms with van der Waals surface area (Å²) in [6.45, 7) is 2.02. The number of esters is 1. The number of hydrogen-bond acceptors (Lipinski definition) is 5. The fourth-order valence-electron chi connectivity index (χ4n) is 2.17. The summed E-state index contributed by atoms with van der Waals surface area (Å²) in [6.07, 6.45) is 2.84. The summed E-state index contributed by atoms with van der Waals surface area (Å²) in [4.78, 5) is 15.6. The highest BCUT2D eigenvalue weighted by molar-refractivity contribution is 5.91. The second-order valence-corrected chi connectivity index (χ2v) is 4.91. The maximum atomic E-state index is 11.2. The molecule has 112 valence electrons. The molecule has 5 nitrogen and oxygen atoms in total. The quantitative estimate of drug-likeness (QED) is 0.828. The molecule has 0 fully saturated rings. The second-order valence-electron chi connectivity index (χ2n) is 4.91. The molecule has 0 aliphatic carbocycles. The van der Waals surface area contributed by atoms with Gasteiger partial charge in [-0.05, 0) is 25.5 Å². The normalized spacial score (nSPS) is 12.0. The molecule has 0 bridgehead atoms. The van der Waals surface area contributed by atoms with E-state index in [1.807, 2.05) is 31.2 Å². The van der Waals surface area contributed by atoms with E-state index in [1.54, 1.807) is 13.3 Å². The Morgan fingerprint density at radius 1 is 1.38 bits per heavy atom. The van der Waals surface area contributed by atoms with E-state index < -0.39 is 0 Å². The summed E-state index contributed by atoms with van der Waals surface area (Å²) in [7, 11) is 3.04. The summed E-state index contributed by atoms with van der Waals surface area (Å²) >= 11 is 0. The van der Waals surface area contributed by atoms with Crippen LogP contribution >= 0.6 is 0 Å². The molecule has 1 aromatic carbocycles. The fourth-order valence-corrected chi connectivity index (χ4v) is 2.17. The smallest absolute Gasteiger partial charge is 0.305 e. The number of nitrogens with one attached hydrogen (secondary N) is 1. The highest BCUT2D eigenvalue weighted by atomic mass is 16.5. The van der Waals surface area contributed by atoms with E-state index in [9.17, 15) is 4.79 Å². The Kier molecular flexibility index (Phi) is 4.98. The number of ether oxygens (including phenoxy) is 2. The zero-order valence-electron chi connectivity index (χ0n) is 12.6. The third kappa shape index (κ3) is 3.84. The molecule has 0 saturated carbocycles. The van der Waals surface area contributed by atoms with Crippen molar-refractivity contribution in [3.8, 4) is 5.75 Å². The first-order chi connectivity index (χ1) is 10.1. The minimum absolute atomic E-state index is 0.126. The highest BCUT2D eigenvalue weighted by Crippen LogP contribution is 2.28. The van der Waals surface area contributed by atoms with Crippen LogP contribution in [0, 0.1) is 0 Å². The molecular weight excluding hydrogens is 268 g/mol. The molecule has 21 heavy (non-hydrogen) atoms. The van der Waals surface area contributed by atoms with Crippen LogP contribution in [0.3, 0.4) is 0 Å². The first-order valence-corrected chi connectivity index (χ1v) is 6.90. The molecular formula is C16H20N2O3. The highest BCUT2D eigenvalue weighted by Gasteiger charge is 2.10. The Morgan fingerprint density at radius 2 is 2.19 bits per heavy atom. The molecule has 0 aliphatic rings. The molecule has 0 saturated heterocycles. The zero-order chi connectivity index (χ0) is 15.2. The van der Waals surface area contributed by atoms with E-state index in [-0.39, 0.29) is 12.0 Å². The van der Waals surface area contributed by atoms with Crippen molar-refractivity contribution in [1.29, 1.82) is 0 Å². The van der Waals surface area contributed by atoms with Gasteiger partial charge in [0.2, 0.25) is 0 Å². The molecule has 2 rings (SSSR count). The Balaban J connectivity index is 2.18. The lowest BCUT2D eigenvalue weighted by Gasteiger charge is -2.17. The van der Waals surface area contributed by atoms with Crippen LogP contribution in [-0.2, 0) is 9.53 Å². The van der Waals surface area contributed by atoms with Crippen molar-refractivity contribution in [3.63, 3.8) is 0 Å². The van der Waals surface area contributed by atoms with E-state index in [0.717, 1.165) is 22.3 Å². The van der Waals surface area contributed by atoms with Gasteiger partial charge in [-0.1, -0.05) is 6.07 Å². The topological polar surface area (TPSA) is 60.5 Å². The van der Waals surface area contributed by atoms with Gasteiger partial charge in [-0.25, -0.2) is 0 Å². The number of carbonyl (C=O) groups is 1. The molecule has 2 aromatic rings. The van der Waals surface area contributed by atoms with Crippen LogP contribution in [0.5, 0.6) is 5.75 Å². The average Bonchev–Trinajstić information content (AvgIpc) is 2.52. The van der Waals surface area contributed by atoms with Gasteiger partial charge in [0.05, 0.1) is 25.4 Å². The molecule has 0 spiro atoms. The van der Waals surface area contributed by atoms with Gasteiger partial charge >= 0.3 is 5.97 Å². The van der Waals surface area contributed by atoms with Gasteiger partial charge in [0.15, 0.2) is 0 Å². The van der Waals surface area contributed by atoms with Crippen LogP contribution in [0.1, 0.15) is 19.8 Å². The third-order valence-electron chi connectivity index (χ3n) is 3.33. The molecule has 0 aliphatic heterocycles.